The van der Waals surface area contributed by atoms with Gasteiger partial charge in [0.05, 0.1) is 18.3 Å². The fourth-order valence-electron chi connectivity index (χ4n) is 2.25. The first-order valence-corrected chi connectivity index (χ1v) is 5.98. The second-order valence-corrected chi connectivity index (χ2v) is 4.97. The van der Waals surface area contributed by atoms with Crippen molar-refractivity contribution in [3.8, 4) is 0 Å². The van der Waals surface area contributed by atoms with E-state index in [1.807, 2.05) is 6.20 Å². The summed E-state index contributed by atoms with van der Waals surface area (Å²) in [7, 11) is 0. The molecule has 1 aromatic rings. The number of ether oxygens (including phenoxy) is 1. The molecule has 0 N–H and O–H groups in total. The van der Waals surface area contributed by atoms with Gasteiger partial charge in [0.25, 0.3) is 0 Å². The summed E-state index contributed by atoms with van der Waals surface area (Å²) in [4.78, 5) is 0. The predicted molar refractivity (Wildman–Crippen MR) is 64.3 cm³/mol. The van der Waals surface area contributed by atoms with Gasteiger partial charge in [0.2, 0.25) is 0 Å². The third-order valence-corrected chi connectivity index (χ3v) is 3.46. The van der Waals surface area contributed by atoms with Gasteiger partial charge in [-0.25, -0.2) is 0 Å². The molecule has 1 saturated heterocycles. The molecule has 2 heterocycles. The molecule has 3 nitrogen and oxygen atoms in total. The van der Waals surface area contributed by atoms with E-state index in [0.29, 0.717) is 12.1 Å². The molecule has 1 aliphatic heterocycles. The van der Waals surface area contributed by atoms with Crippen molar-refractivity contribution in [3.63, 3.8) is 0 Å². The highest BCUT2D eigenvalue weighted by Gasteiger charge is 2.27. The quantitative estimate of drug-likeness (QED) is 0.767. The van der Waals surface area contributed by atoms with Gasteiger partial charge in [-0.15, -0.1) is 0 Å². The van der Waals surface area contributed by atoms with E-state index >= 15 is 0 Å². The van der Waals surface area contributed by atoms with E-state index in [1.165, 1.54) is 24.8 Å². The highest BCUT2D eigenvalue weighted by molar-refractivity contribution is 5.10. The number of aromatic nitrogens is 2. The molecule has 2 atom stereocenters. The van der Waals surface area contributed by atoms with Gasteiger partial charge in [0.15, 0.2) is 0 Å². The minimum Gasteiger partial charge on any atom is -0.373 e. The molecule has 0 aromatic carbocycles. The van der Waals surface area contributed by atoms with Crippen LogP contribution in [0.15, 0.2) is 12.4 Å². The highest BCUT2D eigenvalue weighted by Crippen LogP contribution is 2.36. The van der Waals surface area contributed by atoms with Crippen LogP contribution in [0.2, 0.25) is 0 Å². The van der Waals surface area contributed by atoms with E-state index in [4.69, 9.17) is 4.74 Å². The Kier molecular flexibility index (Phi) is 3.33. The summed E-state index contributed by atoms with van der Waals surface area (Å²) in [6, 6.07) is 0.680. The summed E-state index contributed by atoms with van der Waals surface area (Å²) in [6.45, 7) is 3.21. The zero-order valence-electron chi connectivity index (χ0n) is 9.22. The van der Waals surface area contributed by atoms with Crippen LogP contribution in [0.3, 0.4) is 0 Å². The molecule has 0 bridgehead atoms. The number of rotatable bonds is 2. The third-order valence-electron chi connectivity index (χ3n) is 3.46. The van der Waals surface area contributed by atoms with Crippen molar-refractivity contribution in [1.82, 2.24) is 9.78 Å². The second-order valence-electron chi connectivity index (χ2n) is 4.97. The molecular formula is C13H22N2O. The van der Waals surface area contributed by atoms with E-state index in [-0.39, 0.29) is 7.43 Å². The highest BCUT2D eigenvalue weighted by atomic mass is 16.5. The lowest BCUT2D eigenvalue weighted by molar-refractivity contribution is -0.00637. The fourth-order valence-corrected chi connectivity index (χ4v) is 2.25. The van der Waals surface area contributed by atoms with Gasteiger partial charge in [0, 0.05) is 18.4 Å². The Bertz CT molecular complexity index is 343. The Morgan fingerprint density at radius 2 is 2.19 bits per heavy atom. The molecule has 0 amide bonds. The molecule has 2 fully saturated rings. The van der Waals surface area contributed by atoms with Crippen LogP contribution in [0, 0.1) is 5.92 Å². The van der Waals surface area contributed by atoms with Crippen LogP contribution < -0.4 is 0 Å². The zero-order valence-corrected chi connectivity index (χ0v) is 9.22. The lowest BCUT2D eigenvalue weighted by Gasteiger charge is -2.26. The van der Waals surface area contributed by atoms with E-state index in [0.717, 1.165) is 18.9 Å². The lowest BCUT2D eigenvalue weighted by atomic mass is 9.95. The molecule has 16 heavy (non-hydrogen) atoms. The first kappa shape index (κ1) is 11.6. The number of nitrogens with zero attached hydrogens (tertiary/aromatic N) is 2. The Labute approximate surface area is 97.8 Å². The standard InChI is InChI=1S/C12H18N2O.CH4/c1-9-4-5-15-12(6-9)10-7-13-14(8-10)11-2-3-11;/h7-9,11-12H,2-6H2,1H3;1H4. The predicted octanol–water partition coefficient (Wildman–Crippen LogP) is 3.34. The Hall–Kier alpha value is -0.830. The molecule has 1 aliphatic carbocycles. The minimum atomic E-state index is 0. The van der Waals surface area contributed by atoms with Crippen molar-refractivity contribution >= 4 is 0 Å². The maximum absolute atomic E-state index is 5.79. The summed E-state index contributed by atoms with van der Waals surface area (Å²) >= 11 is 0. The zero-order chi connectivity index (χ0) is 10.3. The van der Waals surface area contributed by atoms with Crippen molar-refractivity contribution in [2.75, 3.05) is 6.61 Å². The largest absolute Gasteiger partial charge is 0.373 e. The topological polar surface area (TPSA) is 27.1 Å². The summed E-state index contributed by atoms with van der Waals surface area (Å²) in [5.74, 6) is 0.785. The molecule has 90 valence electrons. The molecule has 3 rings (SSSR count). The monoisotopic (exact) mass is 222 g/mol. The van der Waals surface area contributed by atoms with E-state index in [1.54, 1.807) is 0 Å². The molecule has 3 heteroatoms. The Morgan fingerprint density at radius 1 is 1.38 bits per heavy atom. The average Bonchev–Trinajstić information content (AvgIpc) is 2.97. The van der Waals surface area contributed by atoms with E-state index < -0.39 is 0 Å². The van der Waals surface area contributed by atoms with Crippen molar-refractivity contribution in [2.24, 2.45) is 5.92 Å². The average molecular weight is 222 g/mol. The van der Waals surface area contributed by atoms with E-state index in [9.17, 15) is 0 Å². The molecule has 1 saturated carbocycles. The maximum Gasteiger partial charge on any atom is 0.0857 e. The van der Waals surface area contributed by atoms with Gasteiger partial charge in [-0.05, 0) is 31.6 Å². The SMILES string of the molecule is C.CC1CCOC(c2cnn(C3CC3)c2)C1. The van der Waals surface area contributed by atoms with Crippen LogP contribution in [0.5, 0.6) is 0 Å². The van der Waals surface area contributed by atoms with Crippen LogP contribution in [0.1, 0.15) is 57.7 Å². The van der Waals surface area contributed by atoms with Gasteiger partial charge in [-0.2, -0.15) is 5.10 Å². The van der Waals surface area contributed by atoms with Crippen molar-refractivity contribution in [2.45, 2.75) is 52.2 Å². The summed E-state index contributed by atoms with van der Waals surface area (Å²) in [5.41, 5.74) is 1.27. The molecule has 1 aromatic heterocycles. The number of hydrogen-bond acceptors (Lipinski definition) is 2. The summed E-state index contributed by atoms with van der Waals surface area (Å²) in [5, 5.41) is 4.42. The second kappa shape index (κ2) is 4.58. The van der Waals surface area contributed by atoms with Crippen molar-refractivity contribution in [3.05, 3.63) is 18.0 Å². The van der Waals surface area contributed by atoms with Gasteiger partial charge in [-0.3, -0.25) is 4.68 Å². The van der Waals surface area contributed by atoms with Crippen LogP contribution in [-0.4, -0.2) is 16.4 Å². The van der Waals surface area contributed by atoms with Crippen molar-refractivity contribution < 1.29 is 4.74 Å². The summed E-state index contributed by atoms with van der Waals surface area (Å²) < 4.78 is 7.90. The smallest absolute Gasteiger partial charge is 0.0857 e. The van der Waals surface area contributed by atoms with Gasteiger partial charge in [0.1, 0.15) is 0 Å². The number of hydrogen-bond donors (Lipinski definition) is 0. The molecule has 2 unspecified atom stereocenters. The lowest BCUT2D eigenvalue weighted by Crippen LogP contribution is -2.17. The summed E-state index contributed by atoms with van der Waals surface area (Å²) in [6.07, 6.45) is 9.40. The molecular weight excluding hydrogens is 200 g/mol. The van der Waals surface area contributed by atoms with Gasteiger partial charge in [-0.1, -0.05) is 14.4 Å². The van der Waals surface area contributed by atoms with Gasteiger partial charge < -0.3 is 4.74 Å². The third kappa shape index (κ3) is 2.29. The minimum absolute atomic E-state index is 0. The Balaban J connectivity index is 0.000000963. The first-order valence-electron chi connectivity index (χ1n) is 5.98. The van der Waals surface area contributed by atoms with E-state index in [2.05, 4.69) is 22.9 Å². The molecule has 0 radical (unpaired) electrons. The van der Waals surface area contributed by atoms with Crippen LogP contribution in [-0.2, 0) is 4.74 Å². The Morgan fingerprint density at radius 3 is 2.88 bits per heavy atom. The maximum atomic E-state index is 5.79. The first-order chi connectivity index (χ1) is 7.33. The van der Waals surface area contributed by atoms with Crippen LogP contribution >= 0.6 is 0 Å². The van der Waals surface area contributed by atoms with Crippen molar-refractivity contribution in [1.29, 1.82) is 0 Å². The van der Waals surface area contributed by atoms with Crippen LogP contribution in [0.4, 0.5) is 0 Å². The normalized spacial score (nSPS) is 29.8. The molecule has 0 spiro atoms. The fraction of sp³-hybridized carbons (Fsp3) is 0.769. The molecule has 2 aliphatic rings. The van der Waals surface area contributed by atoms with Gasteiger partial charge >= 0.3 is 0 Å². The van der Waals surface area contributed by atoms with Crippen LogP contribution in [0.25, 0.3) is 0 Å².